The lowest BCUT2D eigenvalue weighted by Gasteiger charge is -2.27. The Balaban J connectivity index is 1.49. The molecule has 1 N–H and O–H groups in total. The van der Waals surface area contributed by atoms with Gasteiger partial charge in [0, 0.05) is 32.8 Å². The van der Waals surface area contributed by atoms with Crippen molar-refractivity contribution in [1.82, 2.24) is 10.2 Å². The molecule has 2 atom stereocenters. The van der Waals surface area contributed by atoms with E-state index in [-0.39, 0.29) is 18.1 Å². The number of hydrogen-bond acceptors (Lipinski definition) is 5. The van der Waals surface area contributed by atoms with Crippen LogP contribution in [0.2, 0.25) is 0 Å². The van der Waals surface area contributed by atoms with E-state index in [0.717, 1.165) is 63.3 Å². The first kappa shape index (κ1) is 19.1. The number of carbonyl (C=O) groups is 1. The van der Waals surface area contributed by atoms with E-state index in [4.69, 9.17) is 14.2 Å². The van der Waals surface area contributed by atoms with Crippen LogP contribution < -0.4 is 10.1 Å². The van der Waals surface area contributed by atoms with E-state index in [2.05, 4.69) is 10.2 Å². The largest absolute Gasteiger partial charge is 0.497 e. The highest BCUT2D eigenvalue weighted by Gasteiger charge is 2.25. The number of rotatable bonds is 9. The summed E-state index contributed by atoms with van der Waals surface area (Å²) in [6.07, 6.45) is 4.85. The molecule has 3 rings (SSSR count). The first-order valence-corrected chi connectivity index (χ1v) is 9.58. The Morgan fingerprint density at radius 2 is 1.88 bits per heavy atom. The summed E-state index contributed by atoms with van der Waals surface area (Å²) in [5, 5.41) is 3.01. The van der Waals surface area contributed by atoms with Crippen LogP contribution in [0.25, 0.3) is 0 Å². The summed E-state index contributed by atoms with van der Waals surface area (Å²) >= 11 is 0. The Labute approximate surface area is 155 Å². The van der Waals surface area contributed by atoms with Crippen LogP contribution in [0.15, 0.2) is 24.3 Å². The fourth-order valence-corrected chi connectivity index (χ4v) is 3.60. The second-order valence-electron chi connectivity index (χ2n) is 7.09. The van der Waals surface area contributed by atoms with Gasteiger partial charge in [-0.25, -0.2) is 0 Å². The molecular weight excluding hydrogens is 332 g/mol. The number of ether oxygens (including phenoxy) is 3. The van der Waals surface area contributed by atoms with Crippen molar-refractivity contribution in [1.29, 1.82) is 0 Å². The lowest BCUT2D eigenvalue weighted by molar-refractivity contribution is -0.123. The molecular formula is C20H30N2O4. The lowest BCUT2D eigenvalue weighted by Crippen LogP contribution is -2.43. The molecule has 0 aliphatic carbocycles. The van der Waals surface area contributed by atoms with Gasteiger partial charge in [0.05, 0.1) is 25.9 Å². The molecule has 1 aromatic rings. The molecule has 144 valence electrons. The third kappa shape index (κ3) is 5.97. The van der Waals surface area contributed by atoms with E-state index in [9.17, 15) is 4.79 Å². The molecule has 1 amide bonds. The Bertz CT molecular complexity index is 551. The van der Waals surface area contributed by atoms with Crippen molar-refractivity contribution in [2.45, 2.75) is 44.4 Å². The molecule has 6 heteroatoms. The maximum atomic E-state index is 12.5. The Hall–Kier alpha value is -1.63. The van der Waals surface area contributed by atoms with E-state index < -0.39 is 0 Å². The van der Waals surface area contributed by atoms with Crippen molar-refractivity contribution in [3.63, 3.8) is 0 Å². The predicted molar refractivity (Wildman–Crippen MR) is 99.2 cm³/mol. The number of nitrogens with one attached hydrogen (secondary N) is 1. The smallest absolute Gasteiger partial charge is 0.234 e. The second kappa shape index (κ2) is 9.90. The number of nitrogens with zero attached hydrogens (tertiary/aromatic N) is 1. The monoisotopic (exact) mass is 362 g/mol. The minimum absolute atomic E-state index is 0.0313. The molecule has 2 unspecified atom stereocenters. The van der Waals surface area contributed by atoms with Crippen LogP contribution in [0.3, 0.4) is 0 Å². The maximum Gasteiger partial charge on any atom is 0.234 e. The zero-order valence-electron chi connectivity index (χ0n) is 15.6. The van der Waals surface area contributed by atoms with Gasteiger partial charge in [-0.1, -0.05) is 12.1 Å². The number of hydrogen-bond donors (Lipinski definition) is 1. The van der Waals surface area contributed by atoms with Gasteiger partial charge in [0.25, 0.3) is 0 Å². The van der Waals surface area contributed by atoms with Crippen molar-refractivity contribution in [2.75, 3.05) is 40.0 Å². The van der Waals surface area contributed by atoms with Crippen molar-refractivity contribution in [2.24, 2.45) is 0 Å². The second-order valence-corrected chi connectivity index (χ2v) is 7.09. The number of carbonyl (C=O) groups excluding carboxylic acids is 1. The van der Waals surface area contributed by atoms with E-state index in [1.165, 1.54) is 0 Å². The van der Waals surface area contributed by atoms with E-state index in [1.807, 2.05) is 24.3 Å². The zero-order valence-corrected chi connectivity index (χ0v) is 15.6. The maximum absolute atomic E-state index is 12.5. The molecule has 6 nitrogen and oxygen atoms in total. The molecule has 2 aliphatic rings. The molecule has 2 heterocycles. The number of methoxy groups -OCH3 is 1. The summed E-state index contributed by atoms with van der Waals surface area (Å²) in [5.41, 5.74) is 1.03. The third-order valence-corrected chi connectivity index (χ3v) is 4.96. The fraction of sp³-hybridized carbons (Fsp3) is 0.650. The van der Waals surface area contributed by atoms with Gasteiger partial charge in [-0.05, 0) is 43.4 Å². The molecule has 2 aliphatic heterocycles. The van der Waals surface area contributed by atoms with Gasteiger partial charge in [-0.3, -0.25) is 9.69 Å². The third-order valence-electron chi connectivity index (χ3n) is 4.96. The van der Waals surface area contributed by atoms with Gasteiger partial charge in [0.15, 0.2) is 0 Å². The van der Waals surface area contributed by atoms with Crippen LogP contribution in [0.4, 0.5) is 0 Å². The van der Waals surface area contributed by atoms with Gasteiger partial charge in [0.1, 0.15) is 5.75 Å². The quantitative estimate of drug-likeness (QED) is 0.728. The topological polar surface area (TPSA) is 60.0 Å². The van der Waals surface area contributed by atoms with Crippen LogP contribution >= 0.6 is 0 Å². The standard InChI is InChI=1S/C20H30N2O4/c1-24-17-6-2-5-16(11-17)12-21-20(23)15-22(13-18-7-3-9-25-18)14-19-8-4-10-26-19/h2,5-6,11,18-19H,3-4,7-10,12-15H2,1H3,(H,21,23). The predicted octanol–water partition coefficient (Wildman–Crippen LogP) is 1.97. The Kier molecular flexibility index (Phi) is 7.29. The van der Waals surface area contributed by atoms with Gasteiger partial charge >= 0.3 is 0 Å². The highest BCUT2D eigenvalue weighted by Crippen LogP contribution is 2.17. The first-order valence-electron chi connectivity index (χ1n) is 9.58. The summed E-state index contributed by atoms with van der Waals surface area (Å²) in [5.74, 6) is 0.832. The SMILES string of the molecule is COc1cccc(CNC(=O)CN(CC2CCCO2)CC2CCCO2)c1. The van der Waals surface area contributed by atoms with Crippen LogP contribution in [0, 0.1) is 0 Å². The van der Waals surface area contributed by atoms with Gasteiger partial charge in [-0.15, -0.1) is 0 Å². The Morgan fingerprint density at radius 3 is 2.46 bits per heavy atom. The fourth-order valence-electron chi connectivity index (χ4n) is 3.60. The summed E-state index contributed by atoms with van der Waals surface area (Å²) < 4.78 is 16.7. The molecule has 2 fully saturated rings. The van der Waals surface area contributed by atoms with E-state index in [0.29, 0.717) is 13.1 Å². The highest BCUT2D eigenvalue weighted by molar-refractivity contribution is 5.78. The van der Waals surface area contributed by atoms with Gasteiger partial charge in [-0.2, -0.15) is 0 Å². The van der Waals surface area contributed by atoms with Crippen molar-refractivity contribution in [3.8, 4) is 5.75 Å². The molecule has 1 aromatic carbocycles. The van der Waals surface area contributed by atoms with E-state index in [1.54, 1.807) is 7.11 Å². The van der Waals surface area contributed by atoms with Crippen LogP contribution in [0.5, 0.6) is 5.75 Å². The molecule has 0 aromatic heterocycles. The average molecular weight is 362 g/mol. The molecule has 26 heavy (non-hydrogen) atoms. The van der Waals surface area contributed by atoms with Crippen LogP contribution in [-0.4, -0.2) is 63.0 Å². The number of amides is 1. The van der Waals surface area contributed by atoms with Crippen molar-refractivity contribution < 1.29 is 19.0 Å². The molecule has 2 saturated heterocycles. The average Bonchev–Trinajstić information content (AvgIpc) is 3.34. The van der Waals surface area contributed by atoms with Gasteiger partial charge in [0.2, 0.25) is 5.91 Å². The minimum Gasteiger partial charge on any atom is -0.497 e. The summed E-state index contributed by atoms with van der Waals surface area (Å²) in [4.78, 5) is 14.7. The van der Waals surface area contributed by atoms with Crippen molar-refractivity contribution >= 4 is 5.91 Å². The van der Waals surface area contributed by atoms with Gasteiger partial charge < -0.3 is 19.5 Å². The summed E-state index contributed by atoms with van der Waals surface area (Å²) in [6.45, 7) is 4.15. The summed E-state index contributed by atoms with van der Waals surface area (Å²) in [6, 6.07) is 7.76. The molecule has 0 saturated carbocycles. The molecule has 0 bridgehead atoms. The summed E-state index contributed by atoms with van der Waals surface area (Å²) in [7, 11) is 1.64. The Morgan fingerprint density at radius 1 is 1.19 bits per heavy atom. The molecule has 0 spiro atoms. The van der Waals surface area contributed by atoms with Crippen LogP contribution in [0.1, 0.15) is 31.2 Å². The molecule has 0 radical (unpaired) electrons. The lowest BCUT2D eigenvalue weighted by atomic mass is 10.2. The normalized spacial score (nSPS) is 22.7. The van der Waals surface area contributed by atoms with E-state index >= 15 is 0 Å². The highest BCUT2D eigenvalue weighted by atomic mass is 16.5. The minimum atomic E-state index is 0.0313. The zero-order chi connectivity index (χ0) is 18.2. The first-order chi connectivity index (χ1) is 12.7. The van der Waals surface area contributed by atoms with Crippen molar-refractivity contribution in [3.05, 3.63) is 29.8 Å². The number of benzene rings is 1. The van der Waals surface area contributed by atoms with Crippen LogP contribution in [-0.2, 0) is 20.8 Å².